The molecule has 1 aromatic heterocycles. The number of H-pyrrole nitrogens is 1. The van der Waals surface area contributed by atoms with Crippen LogP contribution in [0.4, 0.5) is 9.59 Å². The largest absolute Gasteiger partial charge is 0.357 e. The third kappa shape index (κ3) is 6.15. The number of piperidine rings is 1. The lowest BCUT2D eigenvalue weighted by molar-refractivity contribution is 0.188. The predicted octanol–water partition coefficient (Wildman–Crippen LogP) is 3.70. The van der Waals surface area contributed by atoms with E-state index in [0.29, 0.717) is 12.6 Å². The molecule has 8 heteroatoms. The highest BCUT2D eigenvalue weighted by Gasteiger charge is 2.22. The first-order chi connectivity index (χ1) is 13.5. The van der Waals surface area contributed by atoms with E-state index in [4.69, 9.17) is 0 Å². The van der Waals surface area contributed by atoms with E-state index in [9.17, 15) is 9.59 Å². The van der Waals surface area contributed by atoms with Crippen LogP contribution in [0.5, 0.6) is 0 Å². The number of hydrogen-bond donors (Lipinski definition) is 4. The Balaban J connectivity index is 0.000000192. The van der Waals surface area contributed by atoms with Crippen molar-refractivity contribution in [3.05, 3.63) is 34.4 Å². The molecule has 0 unspecified atom stereocenters. The van der Waals surface area contributed by atoms with Gasteiger partial charge in [0.1, 0.15) is 0 Å². The number of carbonyl (C=O) groups is 2. The summed E-state index contributed by atoms with van der Waals surface area (Å²) in [6.07, 6.45) is 5.80. The predicted molar refractivity (Wildman–Crippen MR) is 114 cm³/mol. The molecule has 28 heavy (non-hydrogen) atoms. The van der Waals surface area contributed by atoms with Gasteiger partial charge in [-0.05, 0) is 56.4 Å². The number of carbonyl (C=O) groups excluding carboxylic acids is 2. The molecular weight excluding hydrogens is 422 g/mol. The molecule has 0 atom stereocenters. The van der Waals surface area contributed by atoms with E-state index in [2.05, 4.69) is 49.0 Å². The van der Waals surface area contributed by atoms with Crippen LogP contribution in [0.2, 0.25) is 0 Å². The summed E-state index contributed by atoms with van der Waals surface area (Å²) < 4.78 is 1.06. The molecule has 4 rings (SSSR count). The normalized spacial score (nSPS) is 16.1. The lowest BCUT2D eigenvalue weighted by Gasteiger charge is -2.25. The summed E-state index contributed by atoms with van der Waals surface area (Å²) in [5.74, 6) is 0. The minimum atomic E-state index is -0.0858. The molecule has 1 saturated carbocycles. The molecule has 2 fully saturated rings. The van der Waals surface area contributed by atoms with Crippen molar-refractivity contribution in [1.82, 2.24) is 25.8 Å². The molecule has 2 aliphatic rings. The minimum absolute atomic E-state index is 0.0692. The second-order valence-electron chi connectivity index (χ2n) is 7.23. The van der Waals surface area contributed by atoms with Crippen molar-refractivity contribution < 1.29 is 9.59 Å². The van der Waals surface area contributed by atoms with Gasteiger partial charge in [0.05, 0.1) is 6.54 Å². The molecule has 7 nitrogen and oxygen atoms in total. The maximum absolute atomic E-state index is 11.5. The van der Waals surface area contributed by atoms with Crippen LogP contribution in [-0.2, 0) is 6.54 Å². The Hall–Kier alpha value is -2.22. The summed E-state index contributed by atoms with van der Waals surface area (Å²) >= 11 is 3.44. The van der Waals surface area contributed by atoms with Crippen LogP contribution < -0.4 is 16.0 Å². The Bertz CT molecular complexity index is 812. The molecule has 2 aromatic rings. The molecule has 1 aliphatic carbocycles. The molecule has 4 amide bonds. The molecule has 1 aliphatic heterocycles. The average Bonchev–Trinajstić information content (AvgIpc) is 3.43. The molecule has 152 valence electrons. The number of urea groups is 2. The second kappa shape index (κ2) is 9.82. The zero-order chi connectivity index (χ0) is 19.9. The van der Waals surface area contributed by atoms with E-state index in [-0.39, 0.29) is 12.1 Å². The smallest absolute Gasteiger partial charge is 0.317 e. The van der Waals surface area contributed by atoms with Crippen LogP contribution in [-0.4, -0.2) is 48.1 Å². The van der Waals surface area contributed by atoms with Crippen molar-refractivity contribution in [2.75, 3.05) is 20.1 Å². The fourth-order valence-corrected chi connectivity index (χ4v) is 3.53. The summed E-state index contributed by atoms with van der Waals surface area (Å²) in [7, 11) is 1.68. The Labute approximate surface area is 173 Å². The zero-order valence-corrected chi connectivity index (χ0v) is 17.8. The first-order valence-electron chi connectivity index (χ1n) is 9.83. The molecule has 1 aromatic carbocycles. The van der Waals surface area contributed by atoms with Gasteiger partial charge in [-0.3, -0.25) is 0 Å². The molecular formula is C20H28BrN5O2. The maximum Gasteiger partial charge on any atom is 0.317 e. The Morgan fingerprint density at radius 1 is 1.18 bits per heavy atom. The third-order valence-electron chi connectivity index (χ3n) is 4.85. The number of rotatable bonds is 3. The Kier molecular flexibility index (Phi) is 7.19. The Morgan fingerprint density at radius 3 is 2.61 bits per heavy atom. The van der Waals surface area contributed by atoms with Crippen LogP contribution in [0.15, 0.2) is 28.7 Å². The SMILES string of the molecule is CNC(=O)N1CCCCC1.O=C(NCc1cc2cc(Br)ccc2[nH]1)NC1CC1. The van der Waals surface area contributed by atoms with Gasteiger partial charge in [0.2, 0.25) is 0 Å². The maximum atomic E-state index is 11.5. The van der Waals surface area contributed by atoms with Gasteiger partial charge in [-0.2, -0.15) is 0 Å². The first kappa shape index (κ1) is 20.5. The summed E-state index contributed by atoms with van der Waals surface area (Å²) in [5, 5.41) is 9.51. The van der Waals surface area contributed by atoms with E-state index >= 15 is 0 Å². The zero-order valence-electron chi connectivity index (χ0n) is 16.2. The van der Waals surface area contributed by atoms with Crippen molar-refractivity contribution in [1.29, 1.82) is 0 Å². The van der Waals surface area contributed by atoms with Crippen LogP contribution in [0.1, 0.15) is 37.8 Å². The standard InChI is InChI=1S/C13H14BrN3O.C7H14N2O/c14-9-1-4-12-8(5-9)6-11(16-12)7-15-13(18)17-10-2-3-10;1-8-7(10)9-5-3-2-4-6-9/h1,4-6,10,16H,2-3,7H2,(H2,15,17,18);2-6H2,1H3,(H,8,10). The van der Waals surface area contributed by atoms with Gasteiger partial charge in [-0.15, -0.1) is 0 Å². The topological polar surface area (TPSA) is 89.3 Å². The van der Waals surface area contributed by atoms with E-state index in [1.807, 2.05) is 17.0 Å². The second-order valence-corrected chi connectivity index (χ2v) is 8.15. The summed E-state index contributed by atoms with van der Waals surface area (Å²) in [4.78, 5) is 27.6. The van der Waals surface area contributed by atoms with Crippen LogP contribution in [0.25, 0.3) is 10.9 Å². The summed E-state index contributed by atoms with van der Waals surface area (Å²) in [6, 6.07) is 8.50. The summed E-state index contributed by atoms with van der Waals surface area (Å²) in [5.41, 5.74) is 2.09. The fraction of sp³-hybridized carbons (Fsp3) is 0.500. The van der Waals surface area contributed by atoms with Crippen molar-refractivity contribution in [2.45, 2.75) is 44.7 Å². The van der Waals surface area contributed by atoms with Crippen LogP contribution in [0, 0.1) is 0 Å². The van der Waals surface area contributed by atoms with Gasteiger partial charge in [-0.25, -0.2) is 9.59 Å². The number of hydrogen-bond acceptors (Lipinski definition) is 2. The highest BCUT2D eigenvalue weighted by Crippen LogP contribution is 2.20. The van der Waals surface area contributed by atoms with Gasteiger partial charge < -0.3 is 25.8 Å². The van der Waals surface area contributed by atoms with Crippen LogP contribution >= 0.6 is 15.9 Å². The van der Waals surface area contributed by atoms with E-state index in [1.54, 1.807) is 7.05 Å². The number of fused-ring (bicyclic) bond motifs is 1. The fourth-order valence-electron chi connectivity index (χ4n) is 3.15. The van der Waals surface area contributed by atoms with Crippen molar-refractivity contribution >= 4 is 38.9 Å². The van der Waals surface area contributed by atoms with Gasteiger partial charge in [0, 0.05) is 47.2 Å². The lowest BCUT2D eigenvalue weighted by atomic mass is 10.1. The van der Waals surface area contributed by atoms with Crippen molar-refractivity contribution in [3.63, 3.8) is 0 Å². The van der Waals surface area contributed by atoms with Crippen molar-refractivity contribution in [2.24, 2.45) is 0 Å². The number of nitrogens with one attached hydrogen (secondary N) is 4. The number of aromatic nitrogens is 1. The molecule has 0 bridgehead atoms. The molecule has 2 heterocycles. The minimum Gasteiger partial charge on any atom is -0.357 e. The highest BCUT2D eigenvalue weighted by molar-refractivity contribution is 9.10. The average molecular weight is 450 g/mol. The van der Waals surface area contributed by atoms with Crippen molar-refractivity contribution in [3.8, 4) is 0 Å². The van der Waals surface area contributed by atoms with Gasteiger partial charge in [0.25, 0.3) is 0 Å². The van der Waals surface area contributed by atoms with Crippen LogP contribution in [0.3, 0.4) is 0 Å². The van der Waals surface area contributed by atoms with Gasteiger partial charge >= 0.3 is 12.1 Å². The molecule has 1 saturated heterocycles. The van der Waals surface area contributed by atoms with E-state index in [0.717, 1.165) is 59.8 Å². The molecule has 0 radical (unpaired) electrons. The monoisotopic (exact) mass is 449 g/mol. The number of halogens is 1. The highest BCUT2D eigenvalue weighted by atomic mass is 79.9. The number of amides is 4. The molecule has 4 N–H and O–H groups in total. The number of benzene rings is 1. The van der Waals surface area contributed by atoms with Gasteiger partial charge in [-0.1, -0.05) is 15.9 Å². The third-order valence-corrected chi connectivity index (χ3v) is 5.34. The first-order valence-corrected chi connectivity index (χ1v) is 10.6. The lowest BCUT2D eigenvalue weighted by Crippen LogP contribution is -2.41. The van der Waals surface area contributed by atoms with Gasteiger partial charge in [0.15, 0.2) is 0 Å². The molecule has 0 spiro atoms. The number of likely N-dealkylation sites (tertiary alicyclic amines) is 1. The number of aromatic amines is 1. The Morgan fingerprint density at radius 2 is 1.93 bits per heavy atom. The van der Waals surface area contributed by atoms with E-state index in [1.165, 1.54) is 6.42 Å². The quantitative estimate of drug-likeness (QED) is 0.575. The summed E-state index contributed by atoms with van der Waals surface area (Å²) in [6.45, 7) is 2.38. The van der Waals surface area contributed by atoms with E-state index < -0.39 is 0 Å². The number of nitrogens with zero attached hydrogens (tertiary/aromatic N) is 1.